The lowest BCUT2D eigenvalue weighted by Gasteiger charge is -2.37. The molecular formula is C20H33Cl2N3O2. The van der Waals surface area contributed by atoms with E-state index in [1.54, 1.807) is 0 Å². The molecule has 2 saturated heterocycles. The zero-order valence-corrected chi connectivity index (χ0v) is 17.8. The minimum Gasteiger partial charge on any atom is -0.492 e. The molecule has 1 aromatic carbocycles. The van der Waals surface area contributed by atoms with E-state index in [4.69, 9.17) is 4.74 Å². The van der Waals surface area contributed by atoms with Gasteiger partial charge in [-0.15, -0.1) is 24.8 Å². The van der Waals surface area contributed by atoms with E-state index in [2.05, 4.69) is 22.3 Å². The molecule has 2 aliphatic rings. The van der Waals surface area contributed by atoms with Gasteiger partial charge in [-0.05, 0) is 57.3 Å². The summed E-state index contributed by atoms with van der Waals surface area (Å²) in [5.74, 6) is 2.00. The number of piperidine rings is 1. The Balaban J connectivity index is 0.00000182. The maximum absolute atomic E-state index is 12.5. The molecule has 2 fully saturated rings. The van der Waals surface area contributed by atoms with E-state index in [1.807, 2.05) is 24.0 Å². The van der Waals surface area contributed by atoms with Crippen LogP contribution in [0.4, 0.5) is 5.69 Å². The first-order valence-electron chi connectivity index (χ1n) is 9.73. The van der Waals surface area contributed by atoms with Crippen LogP contribution in [0.5, 0.6) is 5.75 Å². The lowest BCUT2D eigenvalue weighted by atomic mass is 9.93. The minimum atomic E-state index is 0. The Morgan fingerprint density at radius 2 is 1.78 bits per heavy atom. The smallest absolute Gasteiger partial charge is 0.222 e. The van der Waals surface area contributed by atoms with E-state index in [1.165, 1.54) is 12.8 Å². The monoisotopic (exact) mass is 417 g/mol. The van der Waals surface area contributed by atoms with Crippen molar-refractivity contribution in [3.63, 3.8) is 0 Å². The van der Waals surface area contributed by atoms with E-state index in [9.17, 15) is 4.79 Å². The van der Waals surface area contributed by atoms with Crippen LogP contribution < -0.4 is 15.0 Å². The number of piperazine rings is 1. The second-order valence-corrected chi connectivity index (χ2v) is 7.00. The SMILES string of the molecule is CCOc1ccccc1N1CCN(C(=O)CCC2CCNCC2)CC1.Cl.Cl. The molecule has 0 aliphatic carbocycles. The highest BCUT2D eigenvalue weighted by molar-refractivity contribution is 5.85. The summed E-state index contributed by atoms with van der Waals surface area (Å²) in [6.07, 6.45) is 4.19. The topological polar surface area (TPSA) is 44.8 Å². The highest BCUT2D eigenvalue weighted by Gasteiger charge is 2.23. The third kappa shape index (κ3) is 6.74. The molecule has 7 heteroatoms. The predicted molar refractivity (Wildman–Crippen MR) is 116 cm³/mol. The average Bonchev–Trinajstić information content (AvgIpc) is 2.68. The van der Waals surface area contributed by atoms with Gasteiger partial charge in [-0.2, -0.15) is 0 Å². The maximum atomic E-state index is 12.5. The first-order valence-corrected chi connectivity index (χ1v) is 9.73. The lowest BCUT2D eigenvalue weighted by molar-refractivity contribution is -0.131. The van der Waals surface area contributed by atoms with E-state index in [0.29, 0.717) is 18.9 Å². The van der Waals surface area contributed by atoms with Crippen molar-refractivity contribution in [1.29, 1.82) is 0 Å². The number of para-hydroxylation sites is 2. The predicted octanol–water partition coefficient (Wildman–Crippen LogP) is 3.36. The van der Waals surface area contributed by atoms with Gasteiger partial charge >= 0.3 is 0 Å². The normalized spacial score (nSPS) is 17.7. The molecule has 1 N–H and O–H groups in total. The third-order valence-corrected chi connectivity index (χ3v) is 5.36. The minimum absolute atomic E-state index is 0. The zero-order chi connectivity index (χ0) is 17.5. The summed E-state index contributed by atoms with van der Waals surface area (Å²) in [6.45, 7) is 8.28. The van der Waals surface area contributed by atoms with Crippen LogP contribution in [-0.2, 0) is 4.79 Å². The first-order chi connectivity index (χ1) is 12.3. The molecule has 0 saturated carbocycles. The number of amides is 1. The van der Waals surface area contributed by atoms with Gasteiger partial charge in [0.2, 0.25) is 5.91 Å². The van der Waals surface area contributed by atoms with Gasteiger partial charge in [0.25, 0.3) is 0 Å². The van der Waals surface area contributed by atoms with Crippen LogP contribution in [0.25, 0.3) is 0 Å². The van der Waals surface area contributed by atoms with E-state index >= 15 is 0 Å². The first kappa shape index (κ1) is 23.9. The Morgan fingerprint density at radius 3 is 2.44 bits per heavy atom. The van der Waals surface area contributed by atoms with Crippen molar-refractivity contribution >= 4 is 36.4 Å². The van der Waals surface area contributed by atoms with E-state index < -0.39 is 0 Å². The largest absolute Gasteiger partial charge is 0.492 e. The van der Waals surface area contributed by atoms with Gasteiger partial charge in [-0.3, -0.25) is 4.79 Å². The zero-order valence-electron chi connectivity index (χ0n) is 16.2. The molecule has 1 aromatic rings. The Labute approximate surface area is 175 Å². The van der Waals surface area contributed by atoms with Crippen molar-refractivity contribution in [2.75, 3.05) is 50.8 Å². The van der Waals surface area contributed by atoms with Gasteiger partial charge < -0.3 is 19.9 Å². The van der Waals surface area contributed by atoms with Gasteiger partial charge in [-0.25, -0.2) is 0 Å². The molecule has 5 nitrogen and oxygen atoms in total. The summed E-state index contributed by atoms with van der Waals surface area (Å²) in [6, 6.07) is 8.19. The van der Waals surface area contributed by atoms with Crippen LogP contribution in [-0.4, -0.2) is 56.7 Å². The second-order valence-electron chi connectivity index (χ2n) is 7.00. The molecule has 1 amide bonds. The molecule has 0 spiro atoms. The van der Waals surface area contributed by atoms with Crippen LogP contribution in [0.2, 0.25) is 0 Å². The maximum Gasteiger partial charge on any atom is 0.222 e. The van der Waals surface area contributed by atoms with Gasteiger partial charge in [0.1, 0.15) is 5.75 Å². The number of rotatable bonds is 6. The van der Waals surface area contributed by atoms with E-state index in [0.717, 1.165) is 63.0 Å². The summed E-state index contributed by atoms with van der Waals surface area (Å²) >= 11 is 0. The number of hydrogen-bond donors (Lipinski definition) is 1. The molecule has 2 heterocycles. The standard InChI is InChI=1S/C20H31N3O2.2ClH/c1-2-25-19-6-4-3-5-18(19)22-13-15-23(16-14-22)20(24)8-7-17-9-11-21-12-10-17;;/h3-6,17,21H,2,7-16H2,1H3;2*1H. The lowest BCUT2D eigenvalue weighted by Crippen LogP contribution is -2.49. The summed E-state index contributed by atoms with van der Waals surface area (Å²) < 4.78 is 5.74. The summed E-state index contributed by atoms with van der Waals surface area (Å²) in [5.41, 5.74) is 1.14. The van der Waals surface area contributed by atoms with Crippen LogP contribution in [0.1, 0.15) is 32.6 Å². The summed E-state index contributed by atoms with van der Waals surface area (Å²) in [4.78, 5) is 16.9. The Morgan fingerprint density at radius 1 is 1.11 bits per heavy atom. The van der Waals surface area contributed by atoms with Crippen molar-refractivity contribution in [3.8, 4) is 5.75 Å². The summed E-state index contributed by atoms with van der Waals surface area (Å²) in [5, 5.41) is 3.39. The Bertz CT molecular complexity index is 560. The third-order valence-electron chi connectivity index (χ3n) is 5.36. The Kier molecular flexibility index (Phi) is 10.9. The van der Waals surface area contributed by atoms with Crippen molar-refractivity contribution in [2.45, 2.75) is 32.6 Å². The number of ether oxygens (including phenoxy) is 1. The van der Waals surface area contributed by atoms with Crippen LogP contribution >= 0.6 is 24.8 Å². The van der Waals surface area contributed by atoms with Crippen LogP contribution in [0.3, 0.4) is 0 Å². The molecule has 0 bridgehead atoms. The molecule has 0 unspecified atom stereocenters. The molecule has 0 radical (unpaired) electrons. The summed E-state index contributed by atoms with van der Waals surface area (Å²) in [7, 11) is 0. The number of carbonyl (C=O) groups excluding carboxylic acids is 1. The van der Waals surface area contributed by atoms with Gasteiger partial charge in [0, 0.05) is 32.6 Å². The number of halogens is 2. The number of benzene rings is 1. The van der Waals surface area contributed by atoms with Gasteiger partial charge in [0.05, 0.1) is 12.3 Å². The second kappa shape index (κ2) is 12.3. The fraction of sp³-hybridized carbons (Fsp3) is 0.650. The molecule has 0 aromatic heterocycles. The molecule has 27 heavy (non-hydrogen) atoms. The molecular weight excluding hydrogens is 385 g/mol. The Hall–Kier alpha value is -1.17. The fourth-order valence-corrected chi connectivity index (χ4v) is 3.85. The highest BCUT2D eigenvalue weighted by Crippen LogP contribution is 2.29. The molecule has 3 rings (SSSR count). The number of anilines is 1. The molecule has 154 valence electrons. The number of nitrogens with one attached hydrogen (secondary N) is 1. The number of hydrogen-bond acceptors (Lipinski definition) is 4. The fourth-order valence-electron chi connectivity index (χ4n) is 3.85. The van der Waals surface area contributed by atoms with Crippen LogP contribution in [0.15, 0.2) is 24.3 Å². The average molecular weight is 418 g/mol. The van der Waals surface area contributed by atoms with Crippen molar-refractivity contribution in [3.05, 3.63) is 24.3 Å². The van der Waals surface area contributed by atoms with Crippen molar-refractivity contribution in [1.82, 2.24) is 10.2 Å². The van der Waals surface area contributed by atoms with Crippen LogP contribution in [0, 0.1) is 5.92 Å². The number of carbonyl (C=O) groups is 1. The number of nitrogens with zero attached hydrogens (tertiary/aromatic N) is 2. The molecule has 0 atom stereocenters. The quantitative estimate of drug-likeness (QED) is 0.770. The van der Waals surface area contributed by atoms with Crippen molar-refractivity contribution < 1.29 is 9.53 Å². The van der Waals surface area contributed by atoms with Gasteiger partial charge in [-0.1, -0.05) is 12.1 Å². The van der Waals surface area contributed by atoms with Gasteiger partial charge in [0.15, 0.2) is 0 Å². The molecule has 2 aliphatic heterocycles. The van der Waals surface area contributed by atoms with E-state index in [-0.39, 0.29) is 24.8 Å². The van der Waals surface area contributed by atoms with Crippen molar-refractivity contribution in [2.24, 2.45) is 5.92 Å². The highest BCUT2D eigenvalue weighted by atomic mass is 35.5.